The summed E-state index contributed by atoms with van der Waals surface area (Å²) in [5, 5.41) is 8.17. The summed E-state index contributed by atoms with van der Waals surface area (Å²) in [6, 6.07) is 16.0. The van der Waals surface area contributed by atoms with Gasteiger partial charge < -0.3 is 0 Å². The summed E-state index contributed by atoms with van der Waals surface area (Å²) in [6.45, 7) is 0.233. The monoisotopic (exact) mass is 409 g/mol. The van der Waals surface area contributed by atoms with Gasteiger partial charge in [0.1, 0.15) is 12.2 Å². The summed E-state index contributed by atoms with van der Waals surface area (Å²) < 4.78 is 1.66. The lowest BCUT2D eigenvalue weighted by atomic mass is 10.1. The van der Waals surface area contributed by atoms with E-state index < -0.39 is 17.8 Å². The van der Waals surface area contributed by atoms with Crippen molar-refractivity contribution in [2.45, 2.75) is 6.54 Å². The maximum atomic E-state index is 12.9. The second kappa shape index (κ2) is 7.76. The van der Waals surface area contributed by atoms with E-state index in [1.807, 2.05) is 30.3 Å². The van der Waals surface area contributed by atoms with Crippen molar-refractivity contribution in [1.29, 1.82) is 0 Å². The number of carbonyl (C=O) groups excluding carboxylic acids is 3. The van der Waals surface area contributed by atoms with Crippen molar-refractivity contribution in [2.24, 2.45) is 0 Å². The molecule has 2 N–H and O–H groups in total. The summed E-state index contributed by atoms with van der Waals surface area (Å²) in [6.07, 6.45) is 1.61. The molecular formula is C20H16ClN5O3. The molecule has 1 aromatic heterocycles. The molecular weight excluding hydrogens is 394 g/mol. The van der Waals surface area contributed by atoms with Gasteiger partial charge in [0, 0.05) is 16.8 Å². The van der Waals surface area contributed by atoms with E-state index in [9.17, 15) is 14.4 Å². The van der Waals surface area contributed by atoms with Gasteiger partial charge in [-0.25, -0.2) is 9.80 Å². The fourth-order valence-electron chi connectivity index (χ4n) is 2.97. The summed E-state index contributed by atoms with van der Waals surface area (Å²) in [7, 11) is 0. The Kier molecular flexibility index (Phi) is 5.01. The minimum Gasteiger partial charge on any atom is -0.275 e. The van der Waals surface area contributed by atoms with Gasteiger partial charge in [0.25, 0.3) is 5.91 Å². The first kappa shape index (κ1) is 18.7. The lowest BCUT2D eigenvalue weighted by molar-refractivity contribution is -0.118. The molecule has 146 valence electrons. The van der Waals surface area contributed by atoms with Crippen molar-refractivity contribution in [3.8, 4) is 11.3 Å². The summed E-state index contributed by atoms with van der Waals surface area (Å²) in [5.41, 5.74) is 4.90. The van der Waals surface area contributed by atoms with E-state index in [1.54, 1.807) is 35.1 Å². The Morgan fingerprint density at radius 1 is 1.10 bits per heavy atom. The molecule has 9 heteroatoms. The number of hydrogen-bond acceptors (Lipinski definition) is 4. The summed E-state index contributed by atoms with van der Waals surface area (Å²) >= 11 is 5.97. The molecule has 1 aliphatic rings. The van der Waals surface area contributed by atoms with Crippen LogP contribution in [0.5, 0.6) is 0 Å². The zero-order valence-electron chi connectivity index (χ0n) is 15.1. The van der Waals surface area contributed by atoms with Gasteiger partial charge in [-0.2, -0.15) is 5.10 Å². The Morgan fingerprint density at radius 3 is 2.48 bits per heavy atom. The van der Waals surface area contributed by atoms with E-state index in [0.29, 0.717) is 22.8 Å². The number of nitrogens with one attached hydrogen (secondary N) is 2. The van der Waals surface area contributed by atoms with E-state index in [1.165, 1.54) is 0 Å². The van der Waals surface area contributed by atoms with Crippen molar-refractivity contribution in [3.05, 3.63) is 76.9 Å². The molecule has 4 rings (SSSR count). The average molecular weight is 410 g/mol. The van der Waals surface area contributed by atoms with Gasteiger partial charge in [0.15, 0.2) is 0 Å². The molecule has 1 fully saturated rings. The zero-order valence-corrected chi connectivity index (χ0v) is 15.9. The van der Waals surface area contributed by atoms with Crippen molar-refractivity contribution in [3.63, 3.8) is 0 Å². The number of urea groups is 1. The molecule has 0 aliphatic carbocycles. The van der Waals surface area contributed by atoms with Crippen molar-refractivity contribution < 1.29 is 14.4 Å². The molecule has 0 radical (unpaired) electrons. The SMILES string of the molecule is O=C1CN(NC(=O)c2cn(Cc3ccccc3)nc2-c2ccc(Cl)cc2)C(=O)N1. The number of imide groups is 1. The first-order valence-corrected chi connectivity index (χ1v) is 9.17. The smallest absolute Gasteiger partial charge is 0.275 e. The number of hydrazine groups is 1. The molecule has 1 saturated heterocycles. The lowest BCUT2D eigenvalue weighted by Crippen LogP contribution is -2.44. The molecule has 0 bridgehead atoms. The third-order valence-electron chi connectivity index (χ3n) is 4.34. The molecule has 3 aromatic rings. The Bertz CT molecular complexity index is 1080. The number of amides is 4. The molecule has 0 spiro atoms. The number of carbonyl (C=O) groups is 3. The minimum atomic E-state index is -0.673. The maximum Gasteiger partial charge on any atom is 0.343 e. The zero-order chi connectivity index (χ0) is 20.4. The Morgan fingerprint density at radius 2 is 1.83 bits per heavy atom. The molecule has 1 aliphatic heterocycles. The van der Waals surface area contributed by atoms with Crippen LogP contribution in [0.15, 0.2) is 60.8 Å². The maximum absolute atomic E-state index is 12.9. The molecule has 2 aromatic carbocycles. The molecule has 8 nitrogen and oxygen atoms in total. The Hall–Kier alpha value is -3.65. The van der Waals surface area contributed by atoms with E-state index in [4.69, 9.17) is 11.6 Å². The average Bonchev–Trinajstić information content (AvgIpc) is 3.26. The Labute approximate surface area is 171 Å². The number of benzene rings is 2. The molecule has 2 heterocycles. The molecule has 4 amide bonds. The van der Waals surface area contributed by atoms with Gasteiger partial charge >= 0.3 is 6.03 Å². The van der Waals surface area contributed by atoms with Crippen LogP contribution in [0.2, 0.25) is 5.02 Å². The van der Waals surface area contributed by atoms with Crippen molar-refractivity contribution in [1.82, 2.24) is 25.5 Å². The van der Waals surface area contributed by atoms with Gasteiger partial charge in [-0.05, 0) is 17.7 Å². The fraction of sp³-hybridized carbons (Fsp3) is 0.100. The highest BCUT2D eigenvalue weighted by atomic mass is 35.5. The largest absolute Gasteiger partial charge is 0.343 e. The standard InChI is InChI=1S/C20H16ClN5O3/c21-15-8-6-14(7-9-15)18-16(19(28)24-26-12-17(27)22-20(26)29)11-25(23-18)10-13-4-2-1-3-5-13/h1-9,11H,10,12H2,(H,24,28)(H,22,27,29). The normalized spacial score (nSPS) is 13.5. The van der Waals surface area contributed by atoms with Gasteiger partial charge in [0.05, 0.1) is 12.1 Å². The third-order valence-corrected chi connectivity index (χ3v) is 4.59. The Balaban J connectivity index is 1.66. The number of nitrogens with zero attached hydrogens (tertiary/aromatic N) is 3. The molecule has 0 atom stereocenters. The molecule has 0 unspecified atom stereocenters. The van der Waals surface area contributed by atoms with Crippen LogP contribution in [0.3, 0.4) is 0 Å². The van der Waals surface area contributed by atoms with E-state index in [2.05, 4.69) is 15.8 Å². The van der Waals surface area contributed by atoms with Crippen LogP contribution in [-0.2, 0) is 11.3 Å². The van der Waals surface area contributed by atoms with E-state index in [-0.39, 0.29) is 12.1 Å². The minimum absolute atomic E-state index is 0.237. The third kappa shape index (κ3) is 4.12. The van der Waals surface area contributed by atoms with Crippen LogP contribution in [0.1, 0.15) is 15.9 Å². The van der Waals surface area contributed by atoms with Crippen molar-refractivity contribution >= 4 is 29.4 Å². The van der Waals surface area contributed by atoms with Crippen LogP contribution in [0, 0.1) is 0 Å². The van der Waals surface area contributed by atoms with Crippen LogP contribution >= 0.6 is 11.6 Å². The number of rotatable bonds is 5. The van der Waals surface area contributed by atoms with Crippen LogP contribution < -0.4 is 10.7 Å². The van der Waals surface area contributed by atoms with Gasteiger partial charge in [-0.3, -0.25) is 25.0 Å². The van der Waals surface area contributed by atoms with Gasteiger partial charge in [0.2, 0.25) is 5.91 Å². The van der Waals surface area contributed by atoms with E-state index >= 15 is 0 Å². The number of halogens is 1. The molecule has 0 saturated carbocycles. The summed E-state index contributed by atoms with van der Waals surface area (Å²) in [5.74, 6) is -1.02. The first-order valence-electron chi connectivity index (χ1n) is 8.79. The highest BCUT2D eigenvalue weighted by Gasteiger charge is 2.29. The predicted molar refractivity (Wildman–Crippen MR) is 106 cm³/mol. The number of aromatic nitrogens is 2. The number of hydrogen-bond donors (Lipinski definition) is 2. The van der Waals surface area contributed by atoms with Crippen LogP contribution in [-0.4, -0.2) is 39.2 Å². The van der Waals surface area contributed by atoms with E-state index in [0.717, 1.165) is 10.6 Å². The fourth-order valence-corrected chi connectivity index (χ4v) is 3.10. The van der Waals surface area contributed by atoms with Gasteiger partial charge in [-0.1, -0.05) is 54.1 Å². The predicted octanol–water partition coefficient (Wildman–Crippen LogP) is 2.45. The first-order chi connectivity index (χ1) is 14.0. The summed E-state index contributed by atoms with van der Waals surface area (Å²) in [4.78, 5) is 35.9. The van der Waals surface area contributed by atoms with Crippen LogP contribution in [0.4, 0.5) is 4.79 Å². The molecule has 29 heavy (non-hydrogen) atoms. The topological polar surface area (TPSA) is 96.3 Å². The highest BCUT2D eigenvalue weighted by Crippen LogP contribution is 2.24. The quantitative estimate of drug-likeness (QED) is 0.632. The van der Waals surface area contributed by atoms with Crippen molar-refractivity contribution in [2.75, 3.05) is 6.54 Å². The second-order valence-electron chi connectivity index (χ2n) is 6.46. The van der Waals surface area contributed by atoms with Gasteiger partial charge in [-0.15, -0.1) is 0 Å². The lowest BCUT2D eigenvalue weighted by Gasteiger charge is -2.14. The second-order valence-corrected chi connectivity index (χ2v) is 6.90. The van der Waals surface area contributed by atoms with Crippen LogP contribution in [0.25, 0.3) is 11.3 Å². The highest BCUT2D eigenvalue weighted by molar-refractivity contribution is 6.30.